The molecule has 0 saturated carbocycles. The molecule has 0 aliphatic rings. The maximum atomic E-state index is 5.11. The summed E-state index contributed by atoms with van der Waals surface area (Å²) in [6, 6.07) is 7.67. The molecule has 0 spiro atoms. The van der Waals surface area contributed by atoms with Crippen LogP contribution >= 0.6 is 12.6 Å². The van der Waals surface area contributed by atoms with Gasteiger partial charge in [-0.1, -0.05) is 24.0 Å². The van der Waals surface area contributed by atoms with Crippen molar-refractivity contribution in [1.29, 1.82) is 0 Å². The van der Waals surface area contributed by atoms with Gasteiger partial charge in [0.15, 0.2) is 0 Å². The average molecular weight is 178 g/mol. The van der Waals surface area contributed by atoms with Gasteiger partial charge in [-0.3, -0.25) is 0 Å². The standard InChI is InChI=1S/C10H10OS/c1-11-10-7-3-2-5-9(10)6-4-8-12/h2-3,5,7,12H,8H2,1H3. The van der Waals surface area contributed by atoms with Crippen LogP contribution in [0.2, 0.25) is 0 Å². The number of rotatable bonds is 1. The second-order valence-corrected chi connectivity index (χ2v) is 2.48. The Kier molecular flexibility index (Phi) is 3.56. The Labute approximate surface area is 78.2 Å². The molecule has 0 bridgehead atoms. The first kappa shape index (κ1) is 9.02. The second kappa shape index (κ2) is 4.74. The quantitative estimate of drug-likeness (QED) is 0.511. The highest BCUT2D eigenvalue weighted by Crippen LogP contribution is 2.15. The normalized spacial score (nSPS) is 8.50. The van der Waals surface area contributed by atoms with Gasteiger partial charge in [0, 0.05) is 0 Å². The maximum absolute atomic E-state index is 5.11. The van der Waals surface area contributed by atoms with Crippen LogP contribution in [-0.2, 0) is 0 Å². The molecule has 0 unspecified atom stereocenters. The average Bonchev–Trinajstić information content (AvgIpc) is 2.15. The molecule has 1 rings (SSSR count). The molecule has 2 heteroatoms. The van der Waals surface area contributed by atoms with Crippen LogP contribution in [0.25, 0.3) is 0 Å². The summed E-state index contributed by atoms with van der Waals surface area (Å²) in [4.78, 5) is 0. The summed E-state index contributed by atoms with van der Waals surface area (Å²) >= 11 is 4.00. The van der Waals surface area contributed by atoms with E-state index in [0.29, 0.717) is 5.75 Å². The Hall–Kier alpha value is -1.07. The highest BCUT2D eigenvalue weighted by atomic mass is 32.1. The van der Waals surface area contributed by atoms with E-state index in [9.17, 15) is 0 Å². The van der Waals surface area contributed by atoms with E-state index in [1.807, 2.05) is 24.3 Å². The maximum Gasteiger partial charge on any atom is 0.134 e. The van der Waals surface area contributed by atoms with Gasteiger partial charge in [-0.2, -0.15) is 12.6 Å². The molecule has 0 N–H and O–H groups in total. The van der Waals surface area contributed by atoms with Gasteiger partial charge in [-0.15, -0.1) is 0 Å². The molecule has 0 atom stereocenters. The van der Waals surface area contributed by atoms with Crippen LogP contribution in [-0.4, -0.2) is 12.9 Å². The van der Waals surface area contributed by atoms with Crippen LogP contribution in [0.3, 0.4) is 0 Å². The second-order valence-electron chi connectivity index (χ2n) is 2.16. The topological polar surface area (TPSA) is 9.23 Å². The fourth-order valence-corrected chi connectivity index (χ4v) is 0.962. The summed E-state index contributed by atoms with van der Waals surface area (Å²) in [6.45, 7) is 0. The summed E-state index contributed by atoms with van der Waals surface area (Å²) in [6.07, 6.45) is 0. The highest BCUT2D eigenvalue weighted by molar-refractivity contribution is 7.80. The van der Waals surface area contributed by atoms with Crippen molar-refractivity contribution < 1.29 is 4.74 Å². The minimum Gasteiger partial charge on any atom is -0.495 e. The van der Waals surface area contributed by atoms with E-state index in [1.54, 1.807) is 7.11 Å². The lowest BCUT2D eigenvalue weighted by Gasteiger charge is -2.00. The SMILES string of the molecule is COc1ccccc1C#CCS. The molecule has 1 nitrogen and oxygen atoms in total. The fraction of sp³-hybridized carbons (Fsp3) is 0.200. The van der Waals surface area contributed by atoms with E-state index in [2.05, 4.69) is 24.5 Å². The summed E-state index contributed by atoms with van der Waals surface area (Å²) < 4.78 is 5.11. The Bertz CT molecular complexity index is 309. The Morgan fingerprint density at radius 3 is 2.83 bits per heavy atom. The van der Waals surface area contributed by atoms with Gasteiger partial charge < -0.3 is 4.74 Å². The molecule has 1 aromatic carbocycles. The zero-order valence-corrected chi connectivity index (χ0v) is 7.77. The zero-order valence-electron chi connectivity index (χ0n) is 6.87. The monoisotopic (exact) mass is 178 g/mol. The first-order valence-electron chi connectivity index (χ1n) is 3.61. The minimum atomic E-state index is 0.568. The smallest absolute Gasteiger partial charge is 0.134 e. The number of methoxy groups -OCH3 is 1. The van der Waals surface area contributed by atoms with Crippen molar-refractivity contribution >= 4 is 12.6 Å². The van der Waals surface area contributed by atoms with Crippen LogP contribution in [0.5, 0.6) is 5.75 Å². The van der Waals surface area contributed by atoms with Gasteiger partial charge in [0.25, 0.3) is 0 Å². The van der Waals surface area contributed by atoms with Crippen molar-refractivity contribution in [2.75, 3.05) is 12.9 Å². The van der Waals surface area contributed by atoms with E-state index in [-0.39, 0.29) is 0 Å². The van der Waals surface area contributed by atoms with Gasteiger partial charge in [-0.25, -0.2) is 0 Å². The van der Waals surface area contributed by atoms with E-state index in [0.717, 1.165) is 11.3 Å². The van der Waals surface area contributed by atoms with Gasteiger partial charge in [0.05, 0.1) is 18.4 Å². The van der Waals surface area contributed by atoms with Crippen LogP contribution < -0.4 is 4.74 Å². The molecule has 12 heavy (non-hydrogen) atoms. The van der Waals surface area contributed by atoms with Crippen molar-refractivity contribution in [3.63, 3.8) is 0 Å². The third-order valence-electron chi connectivity index (χ3n) is 1.41. The van der Waals surface area contributed by atoms with Crippen LogP contribution in [0.15, 0.2) is 24.3 Å². The van der Waals surface area contributed by atoms with Gasteiger partial charge in [0.2, 0.25) is 0 Å². The first-order valence-corrected chi connectivity index (χ1v) is 4.24. The van der Waals surface area contributed by atoms with Crippen molar-refractivity contribution in [1.82, 2.24) is 0 Å². The van der Waals surface area contributed by atoms with E-state index >= 15 is 0 Å². The Morgan fingerprint density at radius 1 is 1.42 bits per heavy atom. The largest absolute Gasteiger partial charge is 0.495 e. The molecular weight excluding hydrogens is 168 g/mol. The predicted octanol–water partition coefficient (Wildman–Crippen LogP) is 1.98. The molecule has 0 aromatic heterocycles. The molecular formula is C10H10OS. The van der Waals surface area contributed by atoms with Crippen molar-refractivity contribution in [2.24, 2.45) is 0 Å². The molecule has 0 heterocycles. The molecule has 0 saturated heterocycles. The first-order chi connectivity index (χ1) is 5.88. The van der Waals surface area contributed by atoms with E-state index in [1.165, 1.54) is 0 Å². The molecule has 1 aromatic rings. The van der Waals surface area contributed by atoms with Crippen molar-refractivity contribution in [3.8, 4) is 17.6 Å². The third kappa shape index (κ3) is 2.21. The molecule has 0 aliphatic heterocycles. The number of para-hydroxylation sites is 1. The third-order valence-corrected chi connectivity index (χ3v) is 1.57. The van der Waals surface area contributed by atoms with Crippen molar-refractivity contribution in [2.45, 2.75) is 0 Å². The lowest BCUT2D eigenvalue weighted by atomic mass is 10.2. The van der Waals surface area contributed by atoms with Crippen LogP contribution in [0.4, 0.5) is 0 Å². The molecule has 0 fully saturated rings. The highest BCUT2D eigenvalue weighted by Gasteiger charge is 1.95. The number of thiol groups is 1. The van der Waals surface area contributed by atoms with Gasteiger partial charge in [0.1, 0.15) is 5.75 Å². The number of hydrogen-bond acceptors (Lipinski definition) is 2. The lowest BCUT2D eigenvalue weighted by molar-refractivity contribution is 0.413. The van der Waals surface area contributed by atoms with E-state index in [4.69, 9.17) is 4.74 Å². The van der Waals surface area contributed by atoms with E-state index < -0.39 is 0 Å². The van der Waals surface area contributed by atoms with Gasteiger partial charge >= 0.3 is 0 Å². The Morgan fingerprint density at radius 2 is 2.17 bits per heavy atom. The minimum absolute atomic E-state index is 0.568. The molecule has 62 valence electrons. The number of hydrogen-bond donors (Lipinski definition) is 1. The number of benzene rings is 1. The summed E-state index contributed by atoms with van der Waals surface area (Å²) in [5.74, 6) is 7.22. The molecule has 0 radical (unpaired) electrons. The summed E-state index contributed by atoms with van der Waals surface area (Å²) in [7, 11) is 1.64. The fourth-order valence-electron chi connectivity index (χ4n) is 0.883. The van der Waals surface area contributed by atoms with Gasteiger partial charge in [-0.05, 0) is 12.1 Å². The van der Waals surface area contributed by atoms with Crippen LogP contribution in [0, 0.1) is 11.8 Å². The zero-order chi connectivity index (χ0) is 8.81. The number of ether oxygens (including phenoxy) is 1. The molecule has 0 aliphatic carbocycles. The lowest BCUT2D eigenvalue weighted by Crippen LogP contribution is -1.86. The Balaban J connectivity index is 2.97. The molecule has 0 amide bonds. The summed E-state index contributed by atoms with van der Waals surface area (Å²) in [5, 5.41) is 0. The predicted molar refractivity (Wildman–Crippen MR) is 53.7 cm³/mol. The van der Waals surface area contributed by atoms with Crippen LogP contribution in [0.1, 0.15) is 5.56 Å². The summed E-state index contributed by atoms with van der Waals surface area (Å²) in [5.41, 5.74) is 0.911. The van der Waals surface area contributed by atoms with Crippen molar-refractivity contribution in [3.05, 3.63) is 29.8 Å².